The average molecular weight is 298 g/mol. The quantitative estimate of drug-likeness (QED) is 0.912. The van der Waals surface area contributed by atoms with E-state index in [0.29, 0.717) is 0 Å². The van der Waals surface area contributed by atoms with Gasteiger partial charge in [0.1, 0.15) is 0 Å². The van der Waals surface area contributed by atoms with E-state index in [1.807, 2.05) is 18.2 Å². The van der Waals surface area contributed by atoms with Gasteiger partial charge in [-0.3, -0.25) is 10.2 Å². The fraction of sp³-hybridized carbons (Fsp3) is 0.412. The Morgan fingerprint density at radius 2 is 1.91 bits per heavy atom. The number of ether oxygens (including phenoxy) is 1. The first-order valence-corrected chi connectivity index (χ1v) is 7.72. The van der Waals surface area contributed by atoms with E-state index in [1.54, 1.807) is 0 Å². The zero-order valence-electron chi connectivity index (χ0n) is 13.0. The Labute approximate surface area is 131 Å². The van der Waals surface area contributed by atoms with Gasteiger partial charge in [-0.2, -0.15) is 10.2 Å². The second-order valence-electron chi connectivity index (χ2n) is 5.54. The van der Waals surface area contributed by atoms with Crippen molar-refractivity contribution in [3.05, 3.63) is 47.7 Å². The summed E-state index contributed by atoms with van der Waals surface area (Å²) in [5.41, 5.74) is 4.21. The molecule has 0 radical (unpaired) electrons. The molecule has 0 bridgehead atoms. The molecule has 1 fully saturated rings. The SMILES string of the molecule is Cc1cc(-c2ccccc2)nnc1CNCN1CCOCC1. The number of morpholine rings is 1. The monoisotopic (exact) mass is 298 g/mol. The third kappa shape index (κ3) is 3.88. The molecule has 2 aromatic rings. The molecule has 3 rings (SSSR count). The Balaban J connectivity index is 1.58. The summed E-state index contributed by atoms with van der Waals surface area (Å²) in [7, 11) is 0. The number of aromatic nitrogens is 2. The van der Waals surface area contributed by atoms with Gasteiger partial charge in [-0.15, -0.1) is 0 Å². The van der Waals surface area contributed by atoms with E-state index < -0.39 is 0 Å². The smallest absolute Gasteiger partial charge is 0.0932 e. The van der Waals surface area contributed by atoms with Crippen LogP contribution in [0.4, 0.5) is 0 Å². The molecular formula is C17H22N4O. The van der Waals surface area contributed by atoms with Gasteiger partial charge in [0.2, 0.25) is 0 Å². The summed E-state index contributed by atoms with van der Waals surface area (Å²) in [6.07, 6.45) is 0. The normalized spacial score (nSPS) is 15.9. The zero-order valence-corrected chi connectivity index (χ0v) is 13.0. The molecule has 0 unspecified atom stereocenters. The van der Waals surface area contributed by atoms with Gasteiger partial charge in [0.25, 0.3) is 0 Å². The summed E-state index contributed by atoms with van der Waals surface area (Å²) in [5, 5.41) is 12.2. The molecule has 1 aliphatic rings. The van der Waals surface area contributed by atoms with Crippen LogP contribution in [0.15, 0.2) is 36.4 Å². The number of hydrogen-bond acceptors (Lipinski definition) is 5. The molecule has 5 nitrogen and oxygen atoms in total. The van der Waals surface area contributed by atoms with Crippen molar-refractivity contribution >= 4 is 0 Å². The van der Waals surface area contributed by atoms with Crippen molar-refractivity contribution in [1.29, 1.82) is 0 Å². The maximum absolute atomic E-state index is 5.35. The largest absolute Gasteiger partial charge is 0.379 e. The van der Waals surface area contributed by atoms with E-state index in [1.165, 1.54) is 5.56 Å². The van der Waals surface area contributed by atoms with E-state index in [2.05, 4.69) is 45.5 Å². The molecule has 5 heteroatoms. The summed E-state index contributed by atoms with van der Waals surface area (Å²) >= 11 is 0. The van der Waals surface area contributed by atoms with Gasteiger partial charge in [-0.05, 0) is 18.6 Å². The van der Waals surface area contributed by atoms with Crippen LogP contribution in [0.1, 0.15) is 11.3 Å². The molecule has 116 valence electrons. The van der Waals surface area contributed by atoms with Gasteiger partial charge < -0.3 is 4.74 Å². The molecule has 0 saturated carbocycles. The van der Waals surface area contributed by atoms with Crippen LogP contribution in [0.25, 0.3) is 11.3 Å². The summed E-state index contributed by atoms with van der Waals surface area (Å²) in [5.74, 6) is 0. The highest BCUT2D eigenvalue weighted by Crippen LogP contribution is 2.17. The number of rotatable bonds is 5. The summed E-state index contributed by atoms with van der Waals surface area (Å²) in [4.78, 5) is 2.35. The van der Waals surface area contributed by atoms with Crippen molar-refractivity contribution in [2.24, 2.45) is 0 Å². The average Bonchev–Trinajstić information content (AvgIpc) is 2.58. The van der Waals surface area contributed by atoms with E-state index >= 15 is 0 Å². The highest BCUT2D eigenvalue weighted by atomic mass is 16.5. The first-order chi connectivity index (χ1) is 10.8. The maximum Gasteiger partial charge on any atom is 0.0932 e. The van der Waals surface area contributed by atoms with E-state index in [0.717, 1.165) is 56.5 Å². The first kappa shape index (κ1) is 15.1. The first-order valence-electron chi connectivity index (χ1n) is 7.72. The summed E-state index contributed by atoms with van der Waals surface area (Å²) in [6.45, 7) is 7.33. The van der Waals surface area contributed by atoms with Crippen LogP contribution in [0.3, 0.4) is 0 Å². The van der Waals surface area contributed by atoms with Crippen molar-refractivity contribution < 1.29 is 4.74 Å². The van der Waals surface area contributed by atoms with Crippen LogP contribution < -0.4 is 5.32 Å². The molecule has 22 heavy (non-hydrogen) atoms. The molecule has 2 heterocycles. The second kappa shape index (κ2) is 7.45. The lowest BCUT2D eigenvalue weighted by atomic mass is 10.1. The molecule has 0 amide bonds. The number of nitrogens with zero attached hydrogens (tertiary/aromatic N) is 3. The Kier molecular flexibility index (Phi) is 5.11. The van der Waals surface area contributed by atoms with Crippen LogP contribution in [0.2, 0.25) is 0 Å². The van der Waals surface area contributed by atoms with Crippen LogP contribution >= 0.6 is 0 Å². The standard InChI is InChI=1S/C17H22N4O/c1-14-11-16(15-5-3-2-4-6-15)19-20-17(14)12-18-13-21-7-9-22-10-8-21/h2-6,11,18H,7-10,12-13H2,1H3. The minimum Gasteiger partial charge on any atom is -0.379 e. The molecule has 0 aliphatic carbocycles. The van der Waals surface area contributed by atoms with E-state index in [4.69, 9.17) is 4.74 Å². The van der Waals surface area contributed by atoms with Gasteiger partial charge in [0, 0.05) is 31.9 Å². The fourth-order valence-corrected chi connectivity index (χ4v) is 2.53. The lowest BCUT2D eigenvalue weighted by Crippen LogP contribution is -2.41. The third-order valence-electron chi connectivity index (χ3n) is 3.89. The number of hydrogen-bond donors (Lipinski definition) is 1. The van der Waals surface area contributed by atoms with Gasteiger partial charge >= 0.3 is 0 Å². The van der Waals surface area contributed by atoms with Gasteiger partial charge in [-0.25, -0.2) is 0 Å². The molecule has 1 N–H and O–H groups in total. The molecule has 0 atom stereocenters. The predicted octanol–water partition coefficient (Wildman–Crippen LogP) is 1.83. The molecule has 1 aromatic carbocycles. The number of aryl methyl sites for hydroxylation is 1. The highest BCUT2D eigenvalue weighted by Gasteiger charge is 2.10. The lowest BCUT2D eigenvalue weighted by Gasteiger charge is -2.26. The summed E-state index contributed by atoms with van der Waals surface area (Å²) < 4.78 is 5.35. The Morgan fingerprint density at radius 3 is 2.64 bits per heavy atom. The van der Waals surface area contributed by atoms with Crippen molar-refractivity contribution in [2.45, 2.75) is 13.5 Å². The second-order valence-corrected chi connectivity index (χ2v) is 5.54. The zero-order chi connectivity index (χ0) is 15.2. The van der Waals surface area contributed by atoms with Gasteiger partial charge in [0.15, 0.2) is 0 Å². The molecule has 1 aliphatic heterocycles. The van der Waals surface area contributed by atoms with Crippen molar-refractivity contribution in [2.75, 3.05) is 33.0 Å². The number of nitrogens with one attached hydrogen (secondary N) is 1. The van der Waals surface area contributed by atoms with Crippen molar-refractivity contribution in [3.63, 3.8) is 0 Å². The topological polar surface area (TPSA) is 50.3 Å². The van der Waals surface area contributed by atoms with E-state index in [9.17, 15) is 0 Å². The molecule has 1 saturated heterocycles. The third-order valence-corrected chi connectivity index (χ3v) is 3.89. The Morgan fingerprint density at radius 1 is 1.14 bits per heavy atom. The molecule has 0 spiro atoms. The van der Waals surface area contributed by atoms with E-state index in [-0.39, 0.29) is 0 Å². The highest BCUT2D eigenvalue weighted by molar-refractivity contribution is 5.59. The lowest BCUT2D eigenvalue weighted by molar-refractivity contribution is 0.0339. The van der Waals surface area contributed by atoms with Gasteiger partial charge in [0.05, 0.1) is 24.6 Å². The summed E-state index contributed by atoms with van der Waals surface area (Å²) in [6, 6.07) is 12.3. The molecular weight excluding hydrogens is 276 g/mol. The minimum absolute atomic E-state index is 0.741. The van der Waals surface area contributed by atoms with Crippen LogP contribution in [-0.2, 0) is 11.3 Å². The van der Waals surface area contributed by atoms with Crippen molar-refractivity contribution in [3.8, 4) is 11.3 Å². The van der Waals surface area contributed by atoms with Crippen LogP contribution in [0, 0.1) is 6.92 Å². The van der Waals surface area contributed by atoms with Gasteiger partial charge in [-0.1, -0.05) is 30.3 Å². The Bertz CT molecular complexity index is 597. The Hall–Kier alpha value is -1.82. The minimum atomic E-state index is 0.741. The predicted molar refractivity (Wildman–Crippen MR) is 86.3 cm³/mol. The fourth-order valence-electron chi connectivity index (χ4n) is 2.53. The number of benzene rings is 1. The molecule has 1 aromatic heterocycles. The maximum atomic E-state index is 5.35. The van der Waals surface area contributed by atoms with Crippen molar-refractivity contribution in [1.82, 2.24) is 20.4 Å². The van der Waals surface area contributed by atoms with Crippen LogP contribution in [0.5, 0.6) is 0 Å². The van der Waals surface area contributed by atoms with Crippen LogP contribution in [-0.4, -0.2) is 48.1 Å².